The zero-order valence-electron chi connectivity index (χ0n) is 8.62. The average molecular weight is 215 g/mol. The van der Waals surface area contributed by atoms with Crippen molar-refractivity contribution in [3.8, 4) is 17.0 Å². The third-order valence-corrected chi connectivity index (χ3v) is 2.06. The van der Waals surface area contributed by atoms with E-state index in [1.165, 1.54) is 6.20 Å². The standard InChI is InChI=1S/C11H9N3O2/c1-16-10-5-3-2-4-8(10)9-6-12-14-11(7-15)13-9/h2-7H,1H3. The van der Waals surface area contributed by atoms with Crippen LogP contribution in [0.3, 0.4) is 0 Å². The van der Waals surface area contributed by atoms with Crippen LogP contribution in [0, 0.1) is 0 Å². The van der Waals surface area contributed by atoms with Gasteiger partial charge in [0.25, 0.3) is 0 Å². The largest absolute Gasteiger partial charge is 0.496 e. The first-order chi connectivity index (χ1) is 7.85. The zero-order chi connectivity index (χ0) is 11.4. The molecule has 1 aromatic heterocycles. The predicted molar refractivity (Wildman–Crippen MR) is 57.2 cm³/mol. The van der Waals surface area contributed by atoms with Crippen molar-refractivity contribution in [2.24, 2.45) is 0 Å². The minimum atomic E-state index is 0.0587. The molecule has 2 rings (SSSR count). The van der Waals surface area contributed by atoms with Crippen LogP contribution in [-0.4, -0.2) is 28.6 Å². The van der Waals surface area contributed by atoms with Crippen LogP contribution in [0.5, 0.6) is 5.75 Å². The molecule has 5 heteroatoms. The molecule has 0 fully saturated rings. The maximum atomic E-state index is 10.5. The lowest BCUT2D eigenvalue weighted by Crippen LogP contribution is -1.98. The van der Waals surface area contributed by atoms with E-state index in [9.17, 15) is 4.79 Å². The summed E-state index contributed by atoms with van der Waals surface area (Å²) >= 11 is 0. The van der Waals surface area contributed by atoms with E-state index in [1.54, 1.807) is 7.11 Å². The van der Waals surface area contributed by atoms with Gasteiger partial charge in [0.05, 0.1) is 19.0 Å². The molecule has 0 aliphatic rings. The minimum Gasteiger partial charge on any atom is -0.496 e. The highest BCUT2D eigenvalue weighted by molar-refractivity contribution is 5.72. The highest BCUT2D eigenvalue weighted by Gasteiger charge is 2.07. The second-order valence-electron chi connectivity index (χ2n) is 3.02. The van der Waals surface area contributed by atoms with Crippen molar-refractivity contribution < 1.29 is 9.53 Å². The molecule has 0 N–H and O–H groups in total. The van der Waals surface area contributed by atoms with Gasteiger partial charge in [0.15, 0.2) is 6.29 Å². The number of carbonyl (C=O) groups excluding carboxylic acids is 1. The number of hydrogen-bond donors (Lipinski definition) is 0. The van der Waals surface area contributed by atoms with Crippen molar-refractivity contribution in [1.29, 1.82) is 0 Å². The Kier molecular flexibility index (Phi) is 2.86. The maximum absolute atomic E-state index is 10.5. The molecule has 0 saturated heterocycles. The van der Waals surface area contributed by atoms with Gasteiger partial charge in [0.2, 0.25) is 5.82 Å². The summed E-state index contributed by atoms with van der Waals surface area (Å²) in [6.45, 7) is 0. The molecule has 0 aliphatic carbocycles. The lowest BCUT2D eigenvalue weighted by Gasteiger charge is -2.06. The highest BCUT2D eigenvalue weighted by Crippen LogP contribution is 2.26. The summed E-state index contributed by atoms with van der Waals surface area (Å²) in [6, 6.07) is 7.38. The van der Waals surface area contributed by atoms with Crippen molar-refractivity contribution >= 4 is 6.29 Å². The molecular formula is C11H9N3O2. The quantitative estimate of drug-likeness (QED) is 0.723. The summed E-state index contributed by atoms with van der Waals surface area (Å²) in [4.78, 5) is 14.6. The summed E-state index contributed by atoms with van der Waals surface area (Å²) in [6.07, 6.45) is 2.05. The third-order valence-electron chi connectivity index (χ3n) is 2.06. The average Bonchev–Trinajstić information content (AvgIpc) is 2.38. The van der Waals surface area contributed by atoms with E-state index in [4.69, 9.17) is 4.74 Å². The van der Waals surface area contributed by atoms with E-state index in [-0.39, 0.29) is 5.82 Å². The van der Waals surface area contributed by atoms with Crippen molar-refractivity contribution in [2.75, 3.05) is 7.11 Å². The first kappa shape index (κ1) is 10.2. The first-order valence-electron chi connectivity index (χ1n) is 4.63. The number of aromatic nitrogens is 3. The number of methoxy groups -OCH3 is 1. The van der Waals surface area contributed by atoms with E-state index in [1.807, 2.05) is 24.3 Å². The van der Waals surface area contributed by atoms with Gasteiger partial charge in [-0.15, -0.1) is 5.10 Å². The first-order valence-corrected chi connectivity index (χ1v) is 4.63. The van der Waals surface area contributed by atoms with Gasteiger partial charge in [0, 0.05) is 5.56 Å². The lowest BCUT2D eigenvalue weighted by atomic mass is 10.1. The molecule has 0 bridgehead atoms. The van der Waals surface area contributed by atoms with E-state index in [2.05, 4.69) is 15.2 Å². The van der Waals surface area contributed by atoms with Gasteiger partial charge >= 0.3 is 0 Å². The summed E-state index contributed by atoms with van der Waals surface area (Å²) in [7, 11) is 1.58. The fourth-order valence-corrected chi connectivity index (χ4v) is 1.35. The fourth-order valence-electron chi connectivity index (χ4n) is 1.35. The maximum Gasteiger partial charge on any atom is 0.215 e. The van der Waals surface area contributed by atoms with Crippen LogP contribution in [0.25, 0.3) is 11.3 Å². The topological polar surface area (TPSA) is 65.0 Å². The molecule has 0 amide bonds. The number of nitrogens with zero attached hydrogens (tertiary/aromatic N) is 3. The van der Waals surface area contributed by atoms with Crippen molar-refractivity contribution in [3.63, 3.8) is 0 Å². The van der Waals surface area contributed by atoms with Gasteiger partial charge in [-0.25, -0.2) is 4.98 Å². The Morgan fingerprint density at radius 3 is 2.88 bits per heavy atom. The Morgan fingerprint density at radius 2 is 2.12 bits per heavy atom. The molecule has 0 aliphatic heterocycles. The monoisotopic (exact) mass is 215 g/mol. The molecular weight excluding hydrogens is 206 g/mol. The zero-order valence-corrected chi connectivity index (χ0v) is 8.62. The molecule has 0 unspecified atom stereocenters. The SMILES string of the molecule is COc1ccccc1-c1cnnc(C=O)n1. The van der Waals surface area contributed by atoms with Crippen LogP contribution < -0.4 is 4.74 Å². The van der Waals surface area contributed by atoms with E-state index >= 15 is 0 Å². The van der Waals surface area contributed by atoms with Gasteiger partial charge in [0.1, 0.15) is 5.75 Å². The Labute approximate surface area is 92.1 Å². The van der Waals surface area contributed by atoms with E-state index in [0.717, 1.165) is 5.56 Å². The smallest absolute Gasteiger partial charge is 0.215 e. The van der Waals surface area contributed by atoms with Gasteiger partial charge in [-0.1, -0.05) is 12.1 Å². The fraction of sp³-hybridized carbons (Fsp3) is 0.0909. The van der Waals surface area contributed by atoms with Crippen molar-refractivity contribution in [1.82, 2.24) is 15.2 Å². The van der Waals surface area contributed by atoms with Crippen LogP contribution >= 0.6 is 0 Å². The second kappa shape index (κ2) is 4.48. The molecule has 0 saturated carbocycles. The van der Waals surface area contributed by atoms with Crippen LogP contribution in [0.2, 0.25) is 0 Å². The van der Waals surface area contributed by atoms with Gasteiger partial charge in [-0.3, -0.25) is 4.79 Å². The number of carbonyl (C=O) groups is 1. The number of para-hydroxylation sites is 1. The molecule has 1 heterocycles. The molecule has 0 spiro atoms. The second-order valence-corrected chi connectivity index (χ2v) is 3.02. The number of benzene rings is 1. The number of ether oxygens (including phenoxy) is 1. The Hall–Kier alpha value is -2.30. The number of rotatable bonds is 3. The Bertz CT molecular complexity index is 514. The van der Waals surface area contributed by atoms with E-state index < -0.39 is 0 Å². The van der Waals surface area contributed by atoms with Gasteiger partial charge in [-0.05, 0) is 12.1 Å². The van der Waals surface area contributed by atoms with Crippen molar-refractivity contribution in [2.45, 2.75) is 0 Å². The Morgan fingerprint density at radius 1 is 1.31 bits per heavy atom. The lowest BCUT2D eigenvalue weighted by molar-refractivity contribution is 0.111. The molecule has 5 nitrogen and oxygen atoms in total. The Balaban J connectivity index is 2.53. The van der Waals surface area contributed by atoms with Crippen LogP contribution in [0.15, 0.2) is 30.5 Å². The van der Waals surface area contributed by atoms with Crippen LogP contribution in [0.1, 0.15) is 10.6 Å². The molecule has 80 valence electrons. The number of hydrogen-bond acceptors (Lipinski definition) is 5. The molecule has 16 heavy (non-hydrogen) atoms. The summed E-state index contributed by atoms with van der Waals surface area (Å²) in [5.74, 6) is 0.739. The predicted octanol–water partition coefficient (Wildman–Crippen LogP) is 1.36. The van der Waals surface area contributed by atoms with Gasteiger partial charge < -0.3 is 4.74 Å². The summed E-state index contributed by atoms with van der Waals surface area (Å²) in [5, 5.41) is 7.28. The molecule has 2 aromatic rings. The van der Waals surface area contributed by atoms with Crippen LogP contribution in [0.4, 0.5) is 0 Å². The molecule has 0 radical (unpaired) electrons. The summed E-state index contributed by atoms with van der Waals surface area (Å²) in [5.41, 5.74) is 1.34. The van der Waals surface area contributed by atoms with Crippen molar-refractivity contribution in [3.05, 3.63) is 36.3 Å². The molecule has 0 atom stereocenters. The highest BCUT2D eigenvalue weighted by atomic mass is 16.5. The number of aldehydes is 1. The normalized spacial score (nSPS) is 9.81. The van der Waals surface area contributed by atoms with Crippen LogP contribution in [-0.2, 0) is 0 Å². The van der Waals surface area contributed by atoms with E-state index in [0.29, 0.717) is 17.7 Å². The molecule has 1 aromatic carbocycles. The summed E-state index contributed by atoms with van der Waals surface area (Å²) < 4.78 is 5.20. The van der Waals surface area contributed by atoms with Gasteiger partial charge in [-0.2, -0.15) is 5.10 Å². The minimum absolute atomic E-state index is 0.0587. The third kappa shape index (κ3) is 1.88.